The van der Waals surface area contributed by atoms with Crippen LogP contribution in [0, 0.1) is 6.92 Å². The predicted molar refractivity (Wildman–Crippen MR) is 77.7 cm³/mol. The molecule has 1 aliphatic rings. The number of nitrogens with one attached hydrogen (secondary N) is 1. The maximum absolute atomic E-state index is 11.4. The van der Waals surface area contributed by atoms with Crippen LogP contribution in [0.4, 0.5) is 5.69 Å². The topological polar surface area (TPSA) is 72.2 Å². The van der Waals surface area contributed by atoms with E-state index in [-0.39, 0.29) is 4.90 Å². The SMILES string of the molecule is Cc1ccc(S(N)(=O)=O)cc1NC1CCCCCC1. The van der Waals surface area contributed by atoms with Crippen molar-refractivity contribution in [1.82, 2.24) is 0 Å². The zero-order chi connectivity index (χ0) is 13.9. The Balaban J connectivity index is 2.19. The molecule has 1 aromatic rings. The fourth-order valence-corrected chi connectivity index (χ4v) is 3.12. The minimum atomic E-state index is -3.63. The molecule has 0 saturated heterocycles. The van der Waals surface area contributed by atoms with Crippen LogP contribution in [0.15, 0.2) is 23.1 Å². The van der Waals surface area contributed by atoms with E-state index in [9.17, 15) is 8.42 Å². The van der Waals surface area contributed by atoms with E-state index in [4.69, 9.17) is 5.14 Å². The van der Waals surface area contributed by atoms with Crippen molar-refractivity contribution in [2.45, 2.75) is 56.4 Å². The number of hydrogen-bond acceptors (Lipinski definition) is 3. The first-order valence-corrected chi connectivity index (χ1v) is 8.41. The summed E-state index contributed by atoms with van der Waals surface area (Å²) in [5.41, 5.74) is 1.94. The number of primary sulfonamides is 1. The Kier molecular flexibility index (Phi) is 4.47. The second kappa shape index (κ2) is 5.92. The molecule has 2 rings (SSSR count). The predicted octanol–water partition coefficient (Wildman–Crippen LogP) is 2.78. The standard InChI is InChI=1S/C14H22N2O2S/c1-11-8-9-13(19(15,17)18)10-14(11)16-12-6-4-2-3-5-7-12/h8-10,12,16H,2-7H2,1H3,(H2,15,17,18). The van der Waals surface area contributed by atoms with E-state index in [1.165, 1.54) is 25.7 Å². The molecule has 1 saturated carbocycles. The fraction of sp³-hybridized carbons (Fsp3) is 0.571. The van der Waals surface area contributed by atoms with Gasteiger partial charge in [0.05, 0.1) is 4.90 Å². The van der Waals surface area contributed by atoms with Gasteiger partial charge in [-0.15, -0.1) is 0 Å². The van der Waals surface area contributed by atoms with Gasteiger partial charge < -0.3 is 5.32 Å². The van der Waals surface area contributed by atoms with Gasteiger partial charge in [0.1, 0.15) is 0 Å². The van der Waals surface area contributed by atoms with Gasteiger partial charge in [0.15, 0.2) is 0 Å². The summed E-state index contributed by atoms with van der Waals surface area (Å²) < 4.78 is 22.8. The van der Waals surface area contributed by atoms with Crippen molar-refractivity contribution in [2.75, 3.05) is 5.32 Å². The van der Waals surface area contributed by atoms with Crippen LogP contribution in [-0.2, 0) is 10.0 Å². The highest BCUT2D eigenvalue weighted by Crippen LogP contribution is 2.25. The molecule has 0 unspecified atom stereocenters. The molecule has 106 valence electrons. The van der Waals surface area contributed by atoms with Gasteiger partial charge in [-0.3, -0.25) is 0 Å². The minimum absolute atomic E-state index is 0.175. The Bertz CT molecular complexity index is 532. The van der Waals surface area contributed by atoms with Crippen LogP contribution in [0.5, 0.6) is 0 Å². The number of nitrogens with two attached hydrogens (primary N) is 1. The Hall–Kier alpha value is -1.07. The monoisotopic (exact) mass is 282 g/mol. The van der Waals surface area contributed by atoms with Gasteiger partial charge in [-0.1, -0.05) is 31.7 Å². The summed E-state index contributed by atoms with van der Waals surface area (Å²) in [5, 5.41) is 8.66. The highest BCUT2D eigenvalue weighted by Gasteiger charge is 2.15. The molecule has 0 heterocycles. The molecule has 0 aliphatic heterocycles. The summed E-state index contributed by atoms with van der Waals surface area (Å²) in [7, 11) is -3.63. The molecular formula is C14H22N2O2S. The molecule has 1 fully saturated rings. The molecule has 4 nitrogen and oxygen atoms in total. The lowest BCUT2D eigenvalue weighted by Crippen LogP contribution is -2.19. The number of aryl methyl sites for hydroxylation is 1. The van der Waals surface area contributed by atoms with Crippen LogP contribution in [0.3, 0.4) is 0 Å². The van der Waals surface area contributed by atoms with Crippen LogP contribution < -0.4 is 10.5 Å². The number of rotatable bonds is 3. The van der Waals surface area contributed by atoms with Gasteiger partial charge in [0, 0.05) is 11.7 Å². The zero-order valence-electron chi connectivity index (χ0n) is 11.4. The molecule has 0 spiro atoms. The maximum Gasteiger partial charge on any atom is 0.238 e. The second-order valence-corrected chi connectivity index (χ2v) is 6.92. The van der Waals surface area contributed by atoms with Gasteiger partial charge in [0.2, 0.25) is 10.0 Å². The van der Waals surface area contributed by atoms with Crippen LogP contribution in [-0.4, -0.2) is 14.5 Å². The minimum Gasteiger partial charge on any atom is -0.382 e. The lowest BCUT2D eigenvalue weighted by atomic mass is 10.1. The average molecular weight is 282 g/mol. The van der Waals surface area contributed by atoms with Crippen LogP contribution in [0.1, 0.15) is 44.1 Å². The van der Waals surface area contributed by atoms with Gasteiger partial charge in [-0.05, 0) is 37.5 Å². The molecule has 0 bridgehead atoms. The number of benzene rings is 1. The van der Waals surface area contributed by atoms with Gasteiger partial charge >= 0.3 is 0 Å². The lowest BCUT2D eigenvalue weighted by molar-refractivity contribution is 0.597. The van der Waals surface area contributed by atoms with E-state index in [1.807, 2.05) is 6.92 Å². The smallest absolute Gasteiger partial charge is 0.238 e. The van der Waals surface area contributed by atoms with Crippen molar-refractivity contribution in [3.63, 3.8) is 0 Å². The summed E-state index contributed by atoms with van der Waals surface area (Å²) in [4.78, 5) is 0.175. The highest BCUT2D eigenvalue weighted by atomic mass is 32.2. The summed E-state index contributed by atoms with van der Waals surface area (Å²) >= 11 is 0. The summed E-state index contributed by atoms with van der Waals surface area (Å²) in [6.07, 6.45) is 7.39. The van der Waals surface area contributed by atoms with Crippen molar-refractivity contribution in [1.29, 1.82) is 0 Å². The highest BCUT2D eigenvalue weighted by molar-refractivity contribution is 7.89. The third kappa shape index (κ3) is 3.94. The van der Waals surface area contributed by atoms with E-state index >= 15 is 0 Å². The van der Waals surface area contributed by atoms with Crippen LogP contribution in [0.2, 0.25) is 0 Å². The van der Waals surface area contributed by atoms with Crippen molar-refractivity contribution in [3.05, 3.63) is 23.8 Å². The van der Waals surface area contributed by atoms with Crippen molar-refractivity contribution in [3.8, 4) is 0 Å². The van der Waals surface area contributed by atoms with Crippen molar-refractivity contribution in [2.24, 2.45) is 5.14 Å². The number of hydrogen-bond donors (Lipinski definition) is 2. The van der Waals surface area contributed by atoms with Crippen molar-refractivity contribution >= 4 is 15.7 Å². The lowest BCUT2D eigenvalue weighted by Gasteiger charge is -2.19. The first kappa shape index (κ1) is 14.3. The van der Waals surface area contributed by atoms with Gasteiger partial charge in [0.25, 0.3) is 0 Å². The molecule has 3 N–H and O–H groups in total. The molecule has 1 aliphatic carbocycles. The summed E-state index contributed by atoms with van der Waals surface area (Å²) in [5.74, 6) is 0. The van der Waals surface area contributed by atoms with E-state index < -0.39 is 10.0 Å². The number of sulfonamides is 1. The van der Waals surface area contributed by atoms with E-state index in [0.29, 0.717) is 6.04 Å². The molecular weight excluding hydrogens is 260 g/mol. The van der Waals surface area contributed by atoms with Crippen molar-refractivity contribution < 1.29 is 8.42 Å². The Morgan fingerprint density at radius 1 is 1.16 bits per heavy atom. The molecule has 0 atom stereocenters. The first-order valence-electron chi connectivity index (χ1n) is 6.87. The molecule has 1 aromatic carbocycles. The maximum atomic E-state index is 11.4. The summed E-state index contributed by atoms with van der Waals surface area (Å²) in [6.45, 7) is 1.98. The molecule has 0 amide bonds. The third-order valence-electron chi connectivity index (χ3n) is 3.75. The third-order valence-corrected chi connectivity index (χ3v) is 4.66. The van der Waals surface area contributed by atoms with Crippen LogP contribution in [0.25, 0.3) is 0 Å². The molecule has 19 heavy (non-hydrogen) atoms. The van der Waals surface area contributed by atoms with E-state index in [1.54, 1.807) is 18.2 Å². The van der Waals surface area contributed by atoms with Gasteiger partial charge in [-0.2, -0.15) is 0 Å². The Morgan fingerprint density at radius 2 is 1.79 bits per heavy atom. The summed E-state index contributed by atoms with van der Waals surface area (Å²) in [6, 6.07) is 5.45. The van der Waals surface area contributed by atoms with Gasteiger partial charge in [-0.25, -0.2) is 13.6 Å². The second-order valence-electron chi connectivity index (χ2n) is 5.35. The first-order chi connectivity index (χ1) is 8.97. The molecule has 0 aromatic heterocycles. The molecule has 0 radical (unpaired) electrons. The van der Waals surface area contributed by atoms with E-state index in [0.717, 1.165) is 24.1 Å². The quantitative estimate of drug-likeness (QED) is 0.837. The molecule has 5 heteroatoms. The van der Waals surface area contributed by atoms with Crippen LogP contribution >= 0.6 is 0 Å². The Morgan fingerprint density at radius 3 is 2.37 bits per heavy atom. The Labute approximate surface area is 115 Å². The average Bonchev–Trinajstić information content (AvgIpc) is 2.59. The normalized spacial score (nSPS) is 18.0. The largest absolute Gasteiger partial charge is 0.382 e. The zero-order valence-corrected chi connectivity index (χ0v) is 12.2. The van der Waals surface area contributed by atoms with E-state index in [2.05, 4.69) is 5.32 Å². The fourth-order valence-electron chi connectivity index (χ4n) is 2.58. The number of anilines is 1.